The number of benzene rings is 1. The summed E-state index contributed by atoms with van der Waals surface area (Å²) < 4.78 is 55.1. The highest BCUT2D eigenvalue weighted by Crippen LogP contribution is 2.33. The molecule has 0 saturated carbocycles. The first-order valence-electron chi connectivity index (χ1n) is 5.68. The summed E-state index contributed by atoms with van der Waals surface area (Å²) in [6.45, 7) is 7.89. The third kappa shape index (κ3) is 2.57. The molecule has 0 bridgehead atoms. The van der Waals surface area contributed by atoms with Crippen LogP contribution in [0.2, 0.25) is 0 Å². The van der Waals surface area contributed by atoms with Crippen molar-refractivity contribution < 1.29 is 17.6 Å². The van der Waals surface area contributed by atoms with Crippen molar-refractivity contribution in [2.24, 2.45) is 0 Å². The molecule has 18 heavy (non-hydrogen) atoms. The summed E-state index contributed by atoms with van der Waals surface area (Å²) in [5, 5.41) is 0. The van der Waals surface area contributed by atoms with Crippen molar-refractivity contribution in [2.75, 3.05) is 0 Å². The van der Waals surface area contributed by atoms with E-state index in [9.17, 15) is 17.6 Å². The quantitative estimate of drug-likeness (QED) is 0.421. The van der Waals surface area contributed by atoms with Gasteiger partial charge in [0.1, 0.15) is 0 Å². The van der Waals surface area contributed by atoms with Crippen LogP contribution in [0.25, 0.3) is 0 Å². The van der Waals surface area contributed by atoms with Gasteiger partial charge in [-0.2, -0.15) is 0 Å². The fourth-order valence-corrected chi connectivity index (χ4v) is 1.80. The summed E-state index contributed by atoms with van der Waals surface area (Å²) in [6, 6.07) is 0. The van der Waals surface area contributed by atoms with Crippen molar-refractivity contribution in [1.29, 1.82) is 0 Å². The average molecular weight is 260 g/mol. The van der Waals surface area contributed by atoms with Crippen LogP contribution in [-0.2, 0) is 11.8 Å². The van der Waals surface area contributed by atoms with E-state index in [1.165, 1.54) is 26.8 Å². The second-order valence-electron chi connectivity index (χ2n) is 5.19. The normalized spacial score (nSPS) is 11.7. The Morgan fingerprint density at radius 1 is 0.944 bits per heavy atom. The van der Waals surface area contributed by atoms with Gasteiger partial charge in [-0.1, -0.05) is 26.8 Å². The maximum Gasteiger partial charge on any atom is 0.165 e. The fraction of sp³-hybridized carbons (Fsp3) is 0.429. The summed E-state index contributed by atoms with van der Waals surface area (Å²) in [5.74, 6) is -5.22. The van der Waals surface area contributed by atoms with E-state index in [4.69, 9.17) is 0 Å². The molecule has 0 spiro atoms. The summed E-state index contributed by atoms with van der Waals surface area (Å²) in [7, 11) is 0. The molecular formula is C14H16F4. The second-order valence-corrected chi connectivity index (χ2v) is 5.19. The Bertz CT molecular complexity index is 441. The van der Waals surface area contributed by atoms with Gasteiger partial charge in [-0.3, -0.25) is 0 Å². The molecule has 0 aliphatic carbocycles. The lowest BCUT2D eigenvalue weighted by Gasteiger charge is -2.22. The van der Waals surface area contributed by atoms with Crippen LogP contribution in [0.4, 0.5) is 17.6 Å². The second kappa shape index (κ2) is 5.12. The van der Waals surface area contributed by atoms with E-state index >= 15 is 0 Å². The Balaban J connectivity index is 3.50. The summed E-state index contributed by atoms with van der Waals surface area (Å²) in [5.41, 5.74) is -2.12. The molecule has 0 radical (unpaired) electrons. The zero-order valence-corrected chi connectivity index (χ0v) is 10.7. The standard InChI is InChI=1S/C14H16F4/c1-5-6-7-8-10(15)12(17)9(14(2,3)4)13(18)11(8)16/h5H,1,6-7H2,2-4H3. The van der Waals surface area contributed by atoms with E-state index in [1.807, 2.05) is 0 Å². The molecule has 0 unspecified atom stereocenters. The van der Waals surface area contributed by atoms with Crippen LogP contribution in [0.5, 0.6) is 0 Å². The van der Waals surface area contributed by atoms with Crippen LogP contribution in [0, 0.1) is 23.3 Å². The highest BCUT2D eigenvalue weighted by Gasteiger charge is 2.31. The molecule has 0 fully saturated rings. The lowest BCUT2D eigenvalue weighted by Crippen LogP contribution is -2.20. The van der Waals surface area contributed by atoms with Crippen LogP contribution in [0.3, 0.4) is 0 Å². The average Bonchev–Trinajstić information content (AvgIpc) is 2.25. The third-order valence-corrected chi connectivity index (χ3v) is 2.70. The van der Waals surface area contributed by atoms with Gasteiger partial charge in [-0.05, 0) is 18.3 Å². The fourth-order valence-electron chi connectivity index (χ4n) is 1.80. The van der Waals surface area contributed by atoms with Gasteiger partial charge in [-0.25, -0.2) is 17.6 Å². The van der Waals surface area contributed by atoms with Gasteiger partial charge in [0, 0.05) is 11.1 Å². The van der Waals surface area contributed by atoms with Crippen molar-refractivity contribution >= 4 is 0 Å². The Hall–Kier alpha value is -1.32. The topological polar surface area (TPSA) is 0 Å². The van der Waals surface area contributed by atoms with E-state index in [-0.39, 0.29) is 12.8 Å². The molecule has 0 aliphatic rings. The number of hydrogen-bond acceptors (Lipinski definition) is 0. The van der Waals surface area contributed by atoms with E-state index < -0.39 is 39.8 Å². The van der Waals surface area contributed by atoms with Gasteiger partial charge in [-0.15, -0.1) is 6.58 Å². The molecule has 0 aliphatic heterocycles. The first kappa shape index (κ1) is 14.7. The van der Waals surface area contributed by atoms with Crippen LogP contribution in [-0.4, -0.2) is 0 Å². The van der Waals surface area contributed by atoms with Crippen LogP contribution in [0.15, 0.2) is 12.7 Å². The first-order chi connectivity index (χ1) is 8.21. The zero-order chi connectivity index (χ0) is 14.1. The summed E-state index contributed by atoms with van der Waals surface area (Å²) in [4.78, 5) is 0. The largest absolute Gasteiger partial charge is 0.203 e. The minimum Gasteiger partial charge on any atom is -0.203 e. The molecular weight excluding hydrogens is 244 g/mol. The molecule has 1 aromatic rings. The van der Waals surface area contributed by atoms with Gasteiger partial charge in [0.15, 0.2) is 23.3 Å². The highest BCUT2D eigenvalue weighted by atomic mass is 19.2. The van der Waals surface area contributed by atoms with Crippen molar-refractivity contribution in [1.82, 2.24) is 0 Å². The van der Waals surface area contributed by atoms with Crippen LogP contribution >= 0.6 is 0 Å². The monoisotopic (exact) mass is 260 g/mol. The van der Waals surface area contributed by atoms with Crippen molar-refractivity contribution in [3.63, 3.8) is 0 Å². The van der Waals surface area contributed by atoms with E-state index in [0.717, 1.165) is 0 Å². The Labute approximate surface area is 104 Å². The summed E-state index contributed by atoms with van der Waals surface area (Å²) >= 11 is 0. The molecule has 100 valence electrons. The molecule has 0 heterocycles. The van der Waals surface area contributed by atoms with Crippen LogP contribution in [0.1, 0.15) is 38.3 Å². The van der Waals surface area contributed by atoms with Gasteiger partial charge >= 0.3 is 0 Å². The van der Waals surface area contributed by atoms with E-state index in [2.05, 4.69) is 6.58 Å². The summed E-state index contributed by atoms with van der Waals surface area (Å²) in [6.07, 6.45) is 1.58. The van der Waals surface area contributed by atoms with Crippen LogP contribution < -0.4 is 0 Å². The molecule has 0 nitrogen and oxygen atoms in total. The smallest absolute Gasteiger partial charge is 0.165 e. The van der Waals surface area contributed by atoms with Gasteiger partial charge in [0.25, 0.3) is 0 Å². The predicted octanol–water partition coefficient (Wildman–Crippen LogP) is 4.66. The maximum absolute atomic E-state index is 13.8. The number of allylic oxidation sites excluding steroid dienone is 1. The minimum atomic E-state index is -1.31. The third-order valence-electron chi connectivity index (χ3n) is 2.70. The molecule has 1 aromatic carbocycles. The molecule has 0 amide bonds. The Morgan fingerprint density at radius 2 is 1.39 bits per heavy atom. The number of halogens is 4. The van der Waals surface area contributed by atoms with Gasteiger partial charge in [0.2, 0.25) is 0 Å². The molecule has 0 aromatic heterocycles. The van der Waals surface area contributed by atoms with Crippen molar-refractivity contribution in [3.8, 4) is 0 Å². The Kier molecular flexibility index (Phi) is 4.20. The lowest BCUT2D eigenvalue weighted by atomic mass is 9.84. The van der Waals surface area contributed by atoms with Crippen molar-refractivity contribution in [2.45, 2.75) is 39.0 Å². The number of hydrogen-bond donors (Lipinski definition) is 0. The first-order valence-corrected chi connectivity index (χ1v) is 5.68. The molecule has 0 atom stereocenters. The van der Waals surface area contributed by atoms with E-state index in [0.29, 0.717) is 0 Å². The molecule has 0 N–H and O–H groups in total. The van der Waals surface area contributed by atoms with Gasteiger partial charge < -0.3 is 0 Å². The lowest BCUT2D eigenvalue weighted by molar-refractivity contribution is 0.394. The molecule has 1 rings (SSSR count). The Morgan fingerprint density at radius 3 is 1.72 bits per heavy atom. The zero-order valence-electron chi connectivity index (χ0n) is 10.7. The highest BCUT2D eigenvalue weighted by molar-refractivity contribution is 5.34. The molecule has 4 heteroatoms. The van der Waals surface area contributed by atoms with Crippen molar-refractivity contribution in [3.05, 3.63) is 47.1 Å². The number of rotatable bonds is 3. The minimum absolute atomic E-state index is 0.112. The van der Waals surface area contributed by atoms with E-state index in [1.54, 1.807) is 0 Å². The van der Waals surface area contributed by atoms with Gasteiger partial charge in [0.05, 0.1) is 0 Å². The predicted molar refractivity (Wildman–Crippen MR) is 63.5 cm³/mol. The molecule has 0 saturated heterocycles. The SMILES string of the molecule is C=CCCc1c(F)c(F)c(C(C)(C)C)c(F)c1F. The maximum atomic E-state index is 13.8.